The highest BCUT2D eigenvalue weighted by molar-refractivity contribution is 6.35. The first-order chi connectivity index (χ1) is 9.88. The van der Waals surface area contributed by atoms with E-state index in [9.17, 15) is 9.18 Å². The maximum Gasteiger partial charge on any atom is 0.419 e. The van der Waals surface area contributed by atoms with Crippen molar-refractivity contribution in [1.29, 1.82) is 0 Å². The van der Waals surface area contributed by atoms with Crippen LogP contribution in [0.15, 0.2) is 36.4 Å². The molecule has 0 unspecified atom stereocenters. The molecule has 2 rings (SSSR count). The monoisotopic (exact) mass is 327 g/mol. The van der Waals surface area contributed by atoms with Gasteiger partial charge in [0, 0.05) is 17.8 Å². The zero-order valence-corrected chi connectivity index (χ0v) is 12.9. The average Bonchev–Trinajstić information content (AvgIpc) is 2.42. The van der Waals surface area contributed by atoms with Crippen molar-refractivity contribution in [2.45, 2.75) is 6.92 Å². The second kappa shape index (κ2) is 6.33. The molecule has 0 aliphatic carbocycles. The maximum atomic E-state index is 12.9. The van der Waals surface area contributed by atoms with Crippen molar-refractivity contribution in [1.82, 2.24) is 0 Å². The second-order valence-corrected chi connectivity index (χ2v) is 5.28. The number of ether oxygens (including phenoxy) is 1. The van der Waals surface area contributed by atoms with Crippen molar-refractivity contribution < 1.29 is 13.9 Å². The molecule has 6 heteroatoms. The number of halogens is 3. The third-order valence-corrected chi connectivity index (χ3v) is 3.37. The number of hydrogen-bond donors (Lipinski definition) is 0. The summed E-state index contributed by atoms with van der Waals surface area (Å²) >= 11 is 11.9. The summed E-state index contributed by atoms with van der Waals surface area (Å²) in [5, 5.41) is 0.713. The number of carbonyl (C=O) groups excluding carboxylic acids is 1. The Labute approximate surface area is 131 Å². The molecule has 0 spiro atoms. The summed E-state index contributed by atoms with van der Waals surface area (Å²) in [6.45, 7) is 1.73. The molecular weight excluding hydrogens is 316 g/mol. The number of nitrogens with zero attached hydrogens (tertiary/aromatic N) is 1. The Morgan fingerprint density at radius 2 is 1.81 bits per heavy atom. The van der Waals surface area contributed by atoms with Gasteiger partial charge < -0.3 is 4.74 Å². The maximum absolute atomic E-state index is 12.9. The molecule has 0 atom stereocenters. The van der Waals surface area contributed by atoms with E-state index in [0.717, 1.165) is 0 Å². The number of anilines is 1. The molecule has 0 N–H and O–H groups in total. The Hall–Kier alpha value is -1.78. The van der Waals surface area contributed by atoms with E-state index in [0.29, 0.717) is 16.3 Å². The van der Waals surface area contributed by atoms with E-state index < -0.39 is 6.09 Å². The summed E-state index contributed by atoms with van der Waals surface area (Å²) in [6, 6.07) is 8.63. The topological polar surface area (TPSA) is 29.5 Å². The van der Waals surface area contributed by atoms with Crippen molar-refractivity contribution >= 4 is 35.0 Å². The molecule has 2 aromatic rings. The van der Waals surface area contributed by atoms with Crippen molar-refractivity contribution in [3.05, 3.63) is 57.8 Å². The molecule has 0 bridgehead atoms. The van der Waals surface area contributed by atoms with Gasteiger partial charge >= 0.3 is 6.09 Å². The second-order valence-electron chi connectivity index (χ2n) is 4.44. The first kappa shape index (κ1) is 15.6. The van der Waals surface area contributed by atoms with Crippen LogP contribution in [-0.2, 0) is 0 Å². The van der Waals surface area contributed by atoms with Crippen LogP contribution in [0.3, 0.4) is 0 Å². The summed E-state index contributed by atoms with van der Waals surface area (Å²) in [6.07, 6.45) is -0.631. The van der Waals surface area contributed by atoms with E-state index in [4.69, 9.17) is 27.9 Å². The van der Waals surface area contributed by atoms with Gasteiger partial charge in [-0.1, -0.05) is 23.2 Å². The Morgan fingerprint density at radius 3 is 2.38 bits per heavy atom. The normalized spacial score (nSPS) is 10.3. The minimum atomic E-state index is -0.631. The lowest BCUT2D eigenvalue weighted by Gasteiger charge is -2.18. The van der Waals surface area contributed by atoms with Gasteiger partial charge in [0.1, 0.15) is 5.82 Å². The quantitative estimate of drug-likeness (QED) is 0.770. The number of hydrogen-bond acceptors (Lipinski definition) is 2. The highest BCUT2D eigenvalue weighted by atomic mass is 35.5. The van der Waals surface area contributed by atoms with Crippen LogP contribution in [0.1, 0.15) is 5.56 Å². The first-order valence-electron chi connectivity index (χ1n) is 6.05. The molecule has 3 nitrogen and oxygen atoms in total. The molecular formula is C15H12Cl2FNO2. The molecule has 0 aliphatic heterocycles. The van der Waals surface area contributed by atoms with Gasteiger partial charge in [0.05, 0.1) is 5.02 Å². The lowest BCUT2D eigenvalue weighted by atomic mass is 10.2. The van der Waals surface area contributed by atoms with E-state index in [-0.39, 0.29) is 16.6 Å². The summed E-state index contributed by atoms with van der Waals surface area (Å²) in [4.78, 5) is 13.4. The van der Waals surface area contributed by atoms with E-state index in [1.165, 1.54) is 42.3 Å². The van der Waals surface area contributed by atoms with Gasteiger partial charge in [0.15, 0.2) is 5.75 Å². The number of aryl methyl sites for hydroxylation is 1. The molecule has 1 amide bonds. The fraction of sp³-hybridized carbons (Fsp3) is 0.133. The molecule has 0 fully saturated rings. The molecule has 0 saturated carbocycles. The van der Waals surface area contributed by atoms with Crippen LogP contribution in [0, 0.1) is 12.7 Å². The third kappa shape index (κ3) is 3.65. The van der Waals surface area contributed by atoms with Crippen molar-refractivity contribution in [2.24, 2.45) is 0 Å². The van der Waals surface area contributed by atoms with Crippen LogP contribution in [0.5, 0.6) is 5.75 Å². The number of carbonyl (C=O) groups is 1. The molecule has 2 aromatic carbocycles. The van der Waals surface area contributed by atoms with Gasteiger partial charge in [0.2, 0.25) is 0 Å². The van der Waals surface area contributed by atoms with Gasteiger partial charge in [-0.2, -0.15) is 0 Å². The minimum absolute atomic E-state index is 0.250. The molecule has 0 radical (unpaired) electrons. The van der Waals surface area contributed by atoms with Gasteiger partial charge in [-0.25, -0.2) is 9.18 Å². The predicted molar refractivity (Wildman–Crippen MR) is 82.0 cm³/mol. The lowest BCUT2D eigenvalue weighted by Crippen LogP contribution is -2.29. The van der Waals surface area contributed by atoms with Crippen LogP contribution in [0.2, 0.25) is 10.0 Å². The first-order valence-corrected chi connectivity index (χ1v) is 6.81. The third-order valence-electron chi connectivity index (χ3n) is 2.87. The molecule has 0 aliphatic rings. The van der Waals surface area contributed by atoms with E-state index in [2.05, 4.69) is 0 Å². The lowest BCUT2D eigenvalue weighted by molar-refractivity contribution is 0.209. The van der Waals surface area contributed by atoms with Crippen LogP contribution >= 0.6 is 23.2 Å². The van der Waals surface area contributed by atoms with E-state index in [1.807, 2.05) is 0 Å². The molecule has 0 heterocycles. The van der Waals surface area contributed by atoms with Crippen molar-refractivity contribution in [2.75, 3.05) is 11.9 Å². The summed E-state index contributed by atoms with van der Waals surface area (Å²) in [5.74, 6) is -0.128. The summed E-state index contributed by atoms with van der Waals surface area (Å²) < 4.78 is 18.2. The summed E-state index contributed by atoms with van der Waals surface area (Å²) in [7, 11) is 1.52. The minimum Gasteiger partial charge on any atom is -0.408 e. The van der Waals surface area contributed by atoms with Crippen molar-refractivity contribution in [3.8, 4) is 5.75 Å². The predicted octanol–water partition coefficient (Wildman–Crippen LogP) is 5.08. The van der Waals surface area contributed by atoms with Gasteiger partial charge in [-0.05, 0) is 48.9 Å². The number of amides is 1. The molecule has 110 valence electrons. The smallest absolute Gasteiger partial charge is 0.408 e. The van der Waals surface area contributed by atoms with Crippen LogP contribution in [0.4, 0.5) is 14.9 Å². The fourth-order valence-corrected chi connectivity index (χ4v) is 2.38. The Balaban J connectivity index is 2.20. The molecule has 0 aromatic heterocycles. The Kier molecular flexibility index (Phi) is 4.70. The highest BCUT2D eigenvalue weighted by Crippen LogP contribution is 2.32. The standard InChI is InChI=1S/C15H12Cl2FNO2/c1-9-7-10(16)8-13(17)14(9)21-15(20)19(2)12-5-3-11(18)4-6-12/h3-8H,1-2H3. The molecule has 0 saturated heterocycles. The Morgan fingerprint density at radius 1 is 1.19 bits per heavy atom. The van der Waals surface area contributed by atoms with Crippen LogP contribution in [-0.4, -0.2) is 13.1 Å². The van der Waals surface area contributed by atoms with Gasteiger partial charge in [-0.15, -0.1) is 0 Å². The van der Waals surface area contributed by atoms with Crippen LogP contribution in [0.25, 0.3) is 0 Å². The number of rotatable bonds is 2. The fourth-order valence-electron chi connectivity index (χ4n) is 1.74. The van der Waals surface area contributed by atoms with Crippen LogP contribution < -0.4 is 9.64 Å². The summed E-state index contributed by atoms with van der Waals surface area (Å²) in [5.41, 5.74) is 1.15. The average molecular weight is 328 g/mol. The highest BCUT2D eigenvalue weighted by Gasteiger charge is 2.17. The number of benzene rings is 2. The largest absolute Gasteiger partial charge is 0.419 e. The Bertz CT molecular complexity index is 651. The SMILES string of the molecule is Cc1cc(Cl)cc(Cl)c1OC(=O)N(C)c1ccc(F)cc1. The van der Waals surface area contributed by atoms with E-state index in [1.54, 1.807) is 13.0 Å². The molecule has 21 heavy (non-hydrogen) atoms. The van der Waals surface area contributed by atoms with Gasteiger partial charge in [-0.3, -0.25) is 4.90 Å². The zero-order chi connectivity index (χ0) is 15.6. The zero-order valence-electron chi connectivity index (χ0n) is 11.4. The van der Waals surface area contributed by atoms with Gasteiger partial charge in [0.25, 0.3) is 0 Å². The van der Waals surface area contributed by atoms with Crippen molar-refractivity contribution in [3.63, 3.8) is 0 Å². The van der Waals surface area contributed by atoms with E-state index >= 15 is 0 Å².